The maximum absolute atomic E-state index is 12.5. The molecule has 0 unspecified atom stereocenters. The summed E-state index contributed by atoms with van der Waals surface area (Å²) in [7, 11) is 5.31. The quantitative estimate of drug-likeness (QED) is 0.471. The smallest absolute Gasteiger partial charge is 0.230 e. The molecule has 3 N–H and O–H groups in total. The maximum atomic E-state index is 12.5. The van der Waals surface area contributed by atoms with E-state index in [4.69, 9.17) is 0 Å². The van der Waals surface area contributed by atoms with E-state index in [1.54, 1.807) is 11.9 Å². The molecule has 2 amide bonds. The minimum absolute atomic E-state index is 0.0167. The summed E-state index contributed by atoms with van der Waals surface area (Å²) in [5, 5.41) is 9.25. The summed E-state index contributed by atoms with van der Waals surface area (Å²) in [4.78, 5) is 30.1. The SMILES string of the molecule is CN=C(NCCC(=O)NC(C)C)NCC1(C(=O)N(C)C)CCCC1. The van der Waals surface area contributed by atoms with Crippen molar-refractivity contribution in [2.75, 3.05) is 34.2 Å². The van der Waals surface area contributed by atoms with E-state index >= 15 is 0 Å². The molecular formula is C17H33N5O2. The molecule has 0 aliphatic heterocycles. The van der Waals surface area contributed by atoms with Gasteiger partial charge in [0.1, 0.15) is 0 Å². The molecule has 0 aromatic carbocycles. The summed E-state index contributed by atoms with van der Waals surface area (Å²) in [6.45, 7) is 4.96. The van der Waals surface area contributed by atoms with Gasteiger partial charge in [-0.05, 0) is 26.7 Å². The molecule has 0 atom stereocenters. The average Bonchev–Trinajstić information content (AvgIpc) is 2.99. The van der Waals surface area contributed by atoms with Gasteiger partial charge in [-0.3, -0.25) is 14.6 Å². The van der Waals surface area contributed by atoms with Gasteiger partial charge in [0.2, 0.25) is 11.8 Å². The Balaban J connectivity index is 2.47. The molecule has 0 aromatic rings. The van der Waals surface area contributed by atoms with Gasteiger partial charge < -0.3 is 20.9 Å². The Morgan fingerprint density at radius 1 is 1.17 bits per heavy atom. The normalized spacial score (nSPS) is 16.8. The highest BCUT2D eigenvalue weighted by Crippen LogP contribution is 2.38. The summed E-state index contributed by atoms with van der Waals surface area (Å²) >= 11 is 0. The number of hydrogen-bond acceptors (Lipinski definition) is 3. The molecule has 0 bridgehead atoms. The predicted octanol–water partition coefficient (Wildman–Crippen LogP) is 0.715. The van der Waals surface area contributed by atoms with E-state index in [1.807, 2.05) is 27.9 Å². The number of aliphatic imine (C=N–C) groups is 1. The summed E-state index contributed by atoms with van der Waals surface area (Å²) < 4.78 is 0. The number of hydrogen-bond donors (Lipinski definition) is 3. The van der Waals surface area contributed by atoms with Crippen LogP contribution < -0.4 is 16.0 Å². The van der Waals surface area contributed by atoms with Crippen molar-refractivity contribution in [2.45, 2.75) is 52.0 Å². The minimum atomic E-state index is -0.337. The van der Waals surface area contributed by atoms with E-state index in [9.17, 15) is 9.59 Å². The van der Waals surface area contributed by atoms with Gasteiger partial charge in [0.05, 0.1) is 5.41 Å². The van der Waals surface area contributed by atoms with Crippen LogP contribution in [0.4, 0.5) is 0 Å². The predicted molar refractivity (Wildman–Crippen MR) is 96.9 cm³/mol. The van der Waals surface area contributed by atoms with Gasteiger partial charge in [-0.15, -0.1) is 0 Å². The van der Waals surface area contributed by atoms with Crippen LogP contribution in [-0.2, 0) is 9.59 Å². The van der Waals surface area contributed by atoms with Crippen LogP contribution in [0.15, 0.2) is 4.99 Å². The summed E-state index contributed by atoms with van der Waals surface area (Å²) in [5.41, 5.74) is -0.337. The van der Waals surface area contributed by atoms with E-state index in [0.29, 0.717) is 25.5 Å². The lowest BCUT2D eigenvalue weighted by molar-refractivity contribution is -0.138. The Bertz CT molecular complexity index is 454. The maximum Gasteiger partial charge on any atom is 0.230 e. The third kappa shape index (κ3) is 6.02. The van der Waals surface area contributed by atoms with Crippen LogP contribution in [0.2, 0.25) is 0 Å². The second-order valence-electron chi connectivity index (χ2n) is 7.01. The zero-order chi connectivity index (χ0) is 18.2. The molecule has 1 aliphatic carbocycles. The number of nitrogens with one attached hydrogen (secondary N) is 3. The lowest BCUT2D eigenvalue weighted by atomic mass is 9.84. The van der Waals surface area contributed by atoms with Gasteiger partial charge in [-0.1, -0.05) is 12.8 Å². The minimum Gasteiger partial charge on any atom is -0.356 e. The van der Waals surface area contributed by atoms with Crippen LogP contribution in [0.3, 0.4) is 0 Å². The van der Waals surface area contributed by atoms with Crippen molar-refractivity contribution < 1.29 is 9.59 Å². The number of nitrogens with zero attached hydrogens (tertiary/aromatic N) is 2. The fraction of sp³-hybridized carbons (Fsp3) is 0.824. The first-order valence-corrected chi connectivity index (χ1v) is 8.76. The highest BCUT2D eigenvalue weighted by atomic mass is 16.2. The molecule has 1 aliphatic rings. The molecule has 0 aromatic heterocycles. The van der Waals surface area contributed by atoms with Gasteiger partial charge in [0, 0.05) is 46.7 Å². The largest absolute Gasteiger partial charge is 0.356 e. The second kappa shape index (κ2) is 9.49. The number of amides is 2. The summed E-state index contributed by atoms with van der Waals surface area (Å²) in [6.07, 6.45) is 4.38. The van der Waals surface area contributed by atoms with E-state index < -0.39 is 0 Å². The highest BCUT2D eigenvalue weighted by molar-refractivity contribution is 5.85. The van der Waals surface area contributed by atoms with Gasteiger partial charge in [-0.25, -0.2) is 0 Å². The van der Waals surface area contributed by atoms with Crippen molar-refractivity contribution in [3.63, 3.8) is 0 Å². The molecule has 0 saturated heterocycles. The first kappa shape index (κ1) is 20.3. The first-order chi connectivity index (χ1) is 11.3. The monoisotopic (exact) mass is 339 g/mol. The van der Waals surface area contributed by atoms with Crippen LogP contribution in [0.25, 0.3) is 0 Å². The van der Waals surface area contributed by atoms with Crippen LogP contribution >= 0.6 is 0 Å². The number of rotatable bonds is 7. The molecule has 7 nitrogen and oxygen atoms in total. The lowest BCUT2D eigenvalue weighted by Crippen LogP contribution is -2.49. The number of guanidine groups is 1. The molecule has 0 heterocycles. The highest BCUT2D eigenvalue weighted by Gasteiger charge is 2.42. The average molecular weight is 339 g/mol. The molecule has 1 saturated carbocycles. The summed E-state index contributed by atoms with van der Waals surface area (Å²) in [6, 6.07) is 0.147. The van der Waals surface area contributed by atoms with E-state index in [1.165, 1.54) is 0 Å². The standard InChI is InChI=1S/C17H33N5O2/c1-13(2)21-14(23)8-11-19-16(18-3)20-12-17(9-6-7-10-17)15(24)22(4)5/h13H,6-12H2,1-5H3,(H,21,23)(H2,18,19,20). The fourth-order valence-corrected chi connectivity index (χ4v) is 3.15. The number of carbonyl (C=O) groups is 2. The van der Waals surface area contributed by atoms with E-state index in [2.05, 4.69) is 20.9 Å². The van der Waals surface area contributed by atoms with Crippen molar-refractivity contribution in [1.29, 1.82) is 0 Å². The van der Waals surface area contributed by atoms with Crippen LogP contribution in [0, 0.1) is 5.41 Å². The van der Waals surface area contributed by atoms with Crippen LogP contribution in [0.5, 0.6) is 0 Å². The molecule has 138 valence electrons. The zero-order valence-electron chi connectivity index (χ0n) is 15.7. The van der Waals surface area contributed by atoms with Crippen LogP contribution in [-0.4, -0.2) is 62.9 Å². The van der Waals surface area contributed by atoms with Crippen molar-refractivity contribution >= 4 is 17.8 Å². The lowest BCUT2D eigenvalue weighted by Gasteiger charge is -2.31. The molecule has 1 fully saturated rings. The first-order valence-electron chi connectivity index (χ1n) is 8.76. The van der Waals surface area contributed by atoms with Crippen molar-refractivity contribution in [3.8, 4) is 0 Å². The second-order valence-corrected chi connectivity index (χ2v) is 7.01. The van der Waals surface area contributed by atoms with E-state index in [-0.39, 0.29) is 23.3 Å². The van der Waals surface area contributed by atoms with Crippen molar-refractivity contribution in [1.82, 2.24) is 20.9 Å². The molecule has 7 heteroatoms. The van der Waals surface area contributed by atoms with Gasteiger partial charge in [-0.2, -0.15) is 0 Å². The van der Waals surface area contributed by atoms with Gasteiger partial charge >= 0.3 is 0 Å². The van der Waals surface area contributed by atoms with E-state index in [0.717, 1.165) is 25.7 Å². The Labute approximate surface area is 145 Å². The Hall–Kier alpha value is -1.79. The van der Waals surface area contributed by atoms with Gasteiger partial charge in [0.25, 0.3) is 0 Å². The third-order valence-electron chi connectivity index (χ3n) is 4.33. The molecular weight excluding hydrogens is 306 g/mol. The third-order valence-corrected chi connectivity index (χ3v) is 4.33. The molecule has 24 heavy (non-hydrogen) atoms. The zero-order valence-corrected chi connectivity index (χ0v) is 15.7. The van der Waals surface area contributed by atoms with Crippen molar-refractivity contribution in [3.05, 3.63) is 0 Å². The molecule has 0 spiro atoms. The Kier molecular flexibility index (Phi) is 8.01. The Morgan fingerprint density at radius 2 is 1.79 bits per heavy atom. The molecule has 0 radical (unpaired) electrons. The topological polar surface area (TPSA) is 85.8 Å². The molecule has 1 rings (SSSR count). The van der Waals surface area contributed by atoms with Crippen molar-refractivity contribution in [2.24, 2.45) is 10.4 Å². The number of carbonyl (C=O) groups excluding carboxylic acids is 2. The van der Waals surface area contributed by atoms with Crippen LogP contribution in [0.1, 0.15) is 46.0 Å². The fourth-order valence-electron chi connectivity index (χ4n) is 3.15. The Morgan fingerprint density at radius 3 is 2.29 bits per heavy atom. The summed E-state index contributed by atoms with van der Waals surface area (Å²) in [5.74, 6) is 0.826. The van der Waals surface area contributed by atoms with Gasteiger partial charge in [0.15, 0.2) is 5.96 Å².